The fourth-order valence-electron chi connectivity index (χ4n) is 2.59. The number of amides is 1. The van der Waals surface area contributed by atoms with E-state index in [0.29, 0.717) is 6.04 Å². The molecule has 3 rings (SSSR count). The molecule has 1 atom stereocenters. The van der Waals surface area contributed by atoms with Crippen LogP contribution in [0.3, 0.4) is 0 Å². The summed E-state index contributed by atoms with van der Waals surface area (Å²) in [7, 11) is 0. The number of anilines is 2. The Morgan fingerprint density at radius 2 is 1.95 bits per heavy atom. The molecule has 0 aliphatic carbocycles. The number of carbonyl (C=O) groups is 1. The van der Waals surface area contributed by atoms with Gasteiger partial charge in [-0.3, -0.25) is 4.79 Å². The topological polar surface area (TPSA) is 41.1 Å². The third-order valence-corrected chi connectivity index (χ3v) is 4.58. The maximum Gasteiger partial charge on any atom is 0.221 e. The predicted molar refractivity (Wildman–Crippen MR) is 89.7 cm³/mol. The molecule has 0 spiro atoms. The van der Waals surface area contributed by atoms with Gasteiger partial charge in [0, 0.05) is 29.8 Å². The van der Waals surface area contributed by atoms with Gasteiger partial charge in [-0.25, -0.2) is 0 Å². The molecule has 0 saturated heterocycles. The zero-order valence-corrected chi connectivity index (χ0v) is 12.7. The highest BCUT2D eigenvalue weighted by atomic mass is 32.2. The van der Waals surface area contributed by atoms with Crippen molar-refractivity contribution < 1.29 is 4.79 Å². The van der Waals surface area contributed by atoms with Crippen molar-refractivity contribution in [2.75, 3.05) is 16.4 Å². The van der Waals surface area contributed by atoms with E-state index in [0.717, 1.165) is 22.9 Å². The van der Waals surface area contributed by atoms with Crippen LogP contribution in [0.4, 0.5) is 11.4 Å². The third kappa shape index (κ3) is 3.39. The minimum Gasteiger partial charge on any atom is -0.377 e. The van der Waals surface area contributed by atoms with E-state index in [9.17, 15) is 4.79 Å². The molecule has 0 aromatic heterocycles. The van der Waals surface area contributed by atoms with E-state index in [1.54, 1.807) is 0 Å². The van der Waals surface area contributed by atoms with E-state index < -0.39 is 0 Å². The Hall–Kier alpha value is -1.94. The summed E-state index contributed by atoms with van der Waals surface area (Å²) in [6.07, 6.45) is 0. The number of carbonyl (C=O) groups excluding carboxylic acids is 1. The highest BCUT2D eigenvalue weighted by Crippen LogP contribution is 2.34. The average Bonchev–Trinajstić information content (AvgIpc) is 2.47. The van der Waals surface area contributed by atoms with Crippen molar-refractivity contribution in [1.82, 2.24) is 0 Å². The Morgan fingerprint density at radius 3 is 2.81 bits per heavy atom. The molecule has 0 bridgehead atoms. The van der Waals surface area contributed by atoms with Gasteiger partial charge < -0.3 is 10.6 Å². The summed E-state index contributed by atoms with van der Waals surface area (Å²) in [5.74, 6) is 2.09. The van der Waals surface area contributed by atoms with Crippen molar-refractivity contribution in [3.8, 4) is 0 Å². The van der Waals surface area contributed by atoms with Crippen LogP contribution < -0.4 is 10.6 Å². The standard InChI is InChI=1S/C17H18N2OS/c1-12(20)18-14-6-4-7-15(9-14)19-17-11-21-10-13-5-2-3-8-16(13)17/h2-9,17,19H,10-11H2,1H3,(H,18,20). The molecule has 2 N–H and O–H groups in total. The highest BCUT2D eigenvalue weighted by Gasteiger charge is 2.19. The summed E-state index contributed by atoms with van der Waals surface area (Å²) < 4.78 is 0. The van der Waals surface area contributed by atoms with Crippen LogP contribution in [-0.4, -0.2) is 11.7 Å². The maximum absolute atomic E-state index is 11.1. The van der Waals surface area contributed by atoms with Gasteiger partial charge in [-0.15, -0.1) is 0 Å². The number of hydrogen-bond acceptors (Lipinski definition) is 3. The first kappa shape index (κ1) is 14.0. The molecule has 2 aromatic carbocycles. The molecule has 0 fully saturated rings. The Bertz CT molecular complexity index is 657. The number of benzene rings is 2. The van der Waals surface area contributed by atoms with Crippen LogP contribution in [0.1, 0.15) is 24.1 Å². The van der Waals surface area contributed by atoms with Gasteiger partial charge in [-0.2, -0.15) is 11.8 Å². The number of hydrogen-bond donors (Lipinski definition) is 2. The molecule has 0 saturated carbocycles. The molecule has 1 aliphatic rings. The molecule has 4 heteroatoms. The number of thioether (sulfide) groups is 1. The molecule has 3 nitrogen and oxygen atoms in total. The highest BCUT2D eigenvalue weighted by molar-refractivity contribution is 7.98. The van der Waals surface area contributed by atoms with Crippen LogP contribution in [0.5, 0.6) is 0 Å². The molecule has 1 unspecified atom stereocenters. The molecule has 0 radical (unpaired) electrons. The van der Waals surface area contributed by atoms with Gasteiger partial charge in [0.15, 0.2) is 0 Å². The summed E-state index contributed by atoms with van der Waals surface area (Å²) in [5.41, 5.74) is 4.64. The lowest BCUT2D eigenvalue weighted by atomic mass is 10.0. The Labute approximate surface area is 129 Å². The fraction of sp³-hybridized carbons (Fsp3) is 0.235. The van der Waals surface area contributed by atoms with Crippen LogP contribution in [0.15, 0.2) is 48.5 Å². The Morgan fingerprint density at radius 1 is 1.14 bits per heavy atom. The SMILES string of the molecule is CC(=O)Nc1cccc(NC2CSCc3ccccc32)c1. The molecule has 1 amide bonds. The summed E-state index contributed by atoms with van der Waals surface area (Å²) >= 11 is 1.95. The van der Waals surface area contributed by atoms with Gasteiger partial charge >= 0.3 is 0 Å². The van der Waals surface area contributed by atoms with Crippen molar-refractivity contribution >= 4 is 29.0 Å². The molecule has 1 heterocycles. The predicted octanol–water partition coefficient (Wildman–Crippen LogP) is 4.05. The first-order valence-corrected chi connectivity index (χ1v) is 8.17. The van der Waals surface area contributed by atoms with Gasteiger partial charge in [0.25, 0.3) is 0 Å². The lowest BCUT2D eigenvalue weighted by Gasteiger charge is -2.27. The molecule has 1 aliphatic heterocycles. The van der Waals surface area contributed by atoms with Crippen LogP contribution >= 0.6 is 11.8 Å². The normalized spacial score (nSPS) is 16.9. The fourth-order valence-corrected chi connectivity index (χ4v) is 3.69. The van der Waals surface area contributed by atoms with Gasteiger partial charge in [0.1, 0.15) is 0 Å². The maximum atomic E-state index is 11.1. The molecule has 108 valence electrons. The zero-order valence-electron chi connectivity index (χ0n) is 11.9. The van der Waals surface area contributed by atoms with Gasteiger partial charge in [0.2, 0.25) is 5.91 Å². The number of rotatable bonds is 3. The monoisotopic (exact) mass is 298 g/mol. The smallest absolute Gasteiger partial charge is 0.221 e. The third-order valence-electron chi connectivity index (χ3n) is 3.50. The van der Waals surface area contributed by atoms with E-state index in [2.05, 4.69) is 34.9 Å². The molecule has 21 heavy (non-hydrogen) atoms. The largest absolute Gasteiger partial charge is 0.377 e. The number of fused-ring (bicyclic) bond motifs is 1. The molecular formula is C17H18N2OS. The summed E-state index contributed by atoms with van der Waals surface area (Å²) in [6.45, 7) is 1.52. The van der Waals surface area contributed by atoms with Crippen molar-refractivity contribution in [3.63, 3.8) is 0 Å². The first-order valence-electron chi connectivity index (χ1n) is 7.02. The van der Waals surface area contributed by atoms with E-state index in [4.69, 9.17) is 0 Å². The van der Waals surface area contributed by atoms with Crippen molar-refractivity contribution in [2.24, 2.45) is 0 Å². The Balaban J connectivity index is 1.80. The summed E-state index contributed by atoms with van der Waals surface area (Å²) in [4.78, 5) is 11.1. The van der Waals surface area contributed by atoms with Crippen LogP contribution in [-0.2, 0) is 10.5 Å². The summed E-state index contributed by atoms with van der Waals surface area (Å²) in [6, 6.07) is 16.8. The van der Waals surface area contributed by atoms with E-state index in [1.807, 2.05) is 36.0 Å². The second kappa shape index (κ2) is 6.22. The zero-order chi connectivity index (χ0) is 14.7. The van der Waals surface area contributed by atoms with Crippen LogP contribution in [0.25, 0.3) is 0 Å². The Kier molecular flexibility index (Phi) is 4.15. The first-order chi connectivity index (χ1) is 10.2. The second-order valence-corrected chi connectivity index (χ2v) is 6.20. The lowest BCUT2D eigenvalue weighted by molar-refractivity contribution is -0.114. The van der Waals surface area contributed by atoms with Crippen molar-refractivity contribution in [2.45, 2.75) is 18.7 Å². The molecule has 2 aromatic rings. The van der Waals surface area contributed by atoms with Crippen LogP contribution in [0, 0.1) is 0 Å². The van der Waals surface area contributed by atoms with Gasteiger partial charge in [-0.1, -0.05) is 30.3 Å². The minimum atomic E-state index is -0.0503. The van der Waals surface area contributed by atoms with Crippen molar-refractivity contribution in [3.05, 3.63) is 59.7 Å². The van der Waals surface area contributed by atoms with Crippen molar-refractivity contribution in [1.29, 1.82) is 0 Å². The van der Waals surface area contributed by atoms with E-state index in [1.165, 1.54) is 18.1 Å². The van der Waals surface area contributed by atoms with Gasteiger partial charge in [-0.05, 0) is 29.3 Å². The average molecular weight is 298 g/mol. The van der Waals surface area contributed by atoms with E-state index >= 15 is 0 Å². The summed E-state index contributed by atoms with van der Waals surface area (Å²) in [5, 5.41) is 6.40. The second-order valence-electron chi connectivity index (χ2n) is 5.17. The minimum absolute atomic E-state index is 0.0503. The molecular weight excluding hydrogens is 280 g/mol. The lowest BCUT2D eigenvalue weighted by Crippen LogP contribution is -2.18. The quantitative estimate of drug-likeness (QED) is 0.898. The van der Waals surface area contributed by atoms with Crippen LogP contribution in [0.2, 0.25) is 0 Å². The van der Waals surface area contributed by atoms with E-state index in [-0.39, 0.29) is 5.91 Å². The number of nitrogens with one attached hydrogen (secondary N) is 2. The van der Waals surface area contributed by atoms with Gasteiger partial charge in [0.05, 0.1) is 6.04 Å².